The maximum absolute atomic E-state index is 5.42. The first-order chi connectivity index (χ1) is 9.31. The van der Waals surface area contributed by atoms with E-state index in [-0.39, 0.29) is 0 Å². The fourth-order valence-electron chi connectivity index (χ4n) is 3.49. The molecule has 1 heterocycles. The highest BCUT2D eigenvalue weighted by Crippen LogP contribution is 2.35. The van der Waals surface area contributed by atoms with E-state index in [1.54, 1.807) is 14.2 Å². The van der Waals surface area contributed by atoms with Crippen molar-refractivity contribution in [3.63, 3.8) is 0 Å². The lowest BCUT2D eigenvalue weighted by Crippen LogP contribution is -2.37. The van der Waals surface area contributed by atoms with Gasteiger partial charge in [-0.1, -0.05) is 12.8 Å². The van der Waals surface area contributed by atoms with E-state index in [1.165, 1.54) is 43.4 Å². The van der Waals surface area contributed by atoms with Crippen molar-refractivity contribution >= 4 is 0 Å². The van der Waals surface area contributed by atoms with E-state index in [0.29, 0.717) is 0 Å². The van der Waals surface area contributed by atoms with Gasteiger partial charge in [-0.2, -0.15) is 0 Å². The van der Waals surface area contributed by atoms with Gasteiger partial charge in [0.1, 0.15) is 0 Å². The van der Waals surface area contributed by atoms with Crippen molar-refractivity contribution in [2.45, 2.75) is 44.7 Å². The van der Waals surface area contributed by atoms with Crippen molar-refractivity contribution in [1.29, 1.82) is 0 Å². The number of hydrogen-bond acceptors (Lipinski definition) is 3. The van der Waals surface area contributed by atoms with Crippen LogP contribution in [0.1, 0.15) is 36.8 Å². The Balaban J connectivity index is 1.83. The summed E-state index contributed by atoms with van der Waals surface area (Å²) < 4.78 is 10.8. The second kappa shape index (κ2) is 5.41. The summed E-state index contributed by atoms with van der Waals surface area (Å²) in [5.74, 6) is 1.71. The third-order valence-electron chi connectivity index (χ3n) is 4.59. The normalized spacial score (nSPS) is 20.3. The van der Waals surface area contributed by atoms with Crippen LogP contribution in [0, 0.1) is 0 Å². The predicted octanol–water partition coefficient (Wildman–Crippen LogP) is 3.00. The predicted molar refractivity (Wildman–Crippen MR) is 75.9 cm³/mol. The van der Waals surface area contributed by atoms with Crippen LogP contribution in [0.25, 0.3) is 0 Å². The van der Waals surface area contributed by atoms with Crippen LogP contribution in [-0.2, 0) is 13.0 Å². The molecule has 1 aromatic rings. The molecule has 0 bridgehead atoms. The highest BCUT2D eigenvalue weighted by molar-refractivity contribution is 5.48. The van der Waals surface area contributed by atoms with E-state index in [9.17, 15) is 0 Å². The number of rotatable bonds is 3. The van der Waals surface area contributed by atoms with Gasteiger partial charge in [-0.05, 0) is 42.5 Å². The van der Waals surface area contributed by atoms with Gasteiger partial charge in [0.2, 0.25) is 0 Å². The van der Waals surface area contributed by atoms with Crippen molar-refractivity contribution in [3.8, 4) is 11.5 Å². The fourth-order valence-corrected chi connectivity index (χ4v) is 3.49. The zero-order valence-electron chi connectivity index (χ0n) is 11.9. The molecule has 1 saturated carbocycles. The van der Waals surface area contributed by atoms with Crippen LogP contribution in [0.5, 0.6) is 11.5 Å². The van der Waals surface area contributed by atoms with E-state index in [1.807, 2.05) is 0 Å². The van der Waals surface area contributed by atoms with Gasteiger partial charge in [-0.25, -0.2) is 0 Å². The second-order valence-electron chi connectivity index (χ2n) is 5.63. The Morgan fingerprint density at radius 2 is 1.63 bits per heavy atom. The lowest BCUT2D eigenvalue weighted by Gasteiger charge is -2.34. The molecule has 0 radical (unpaired) electrons. The molecule has 1 fully saturated rings. The van der Waals surface area contributed by atoms with Gasteiger partial charge in [-0.3, -0.25) is 4.90 Å². The molecule has 104 valence electrons. The molecule has 0 atom stereocenters. The monoisotopic (exact) mass is 261 g/mol. The third kappa shape index (κ3) is 2.44. The summed E-state index contributed by atoms with van der Waals surface area (Å²) in [6.07, 6.45) is 6.69. The average Bonchev–Trinajstić information content (AvgIpc) is 2.99. The summed E-state index contributed by atoms with van der Waals surface area (Å²) in [7, 11) is 3.42. The third-order valence-corrected chi connectivity index (χ3v) is 4.59. The zero-order valence-corrected chi connectivity index (χ0v) is 11.9. The molecule has 0 saturated heterocycles. The number of methoxy groups -OCH3 is 2. The number of hydrogen-bond donors (Lipinski definition) is 0. The largest absolute Gasteiger partial charge is 0.493 e. The molecule has 0 N–H and O–H groups in total. The molecule has 3 nitrogen and oxygen atoms in total. The average molecular weight is 261 g/mol. The summed E-state index contributed by atoms with van der Waals surface area (Å²) >= 11 is 0. The van der Waals surface area contributed by atoms with Crippen LogP contribution >= 0.6 is 0 Å². The Kier molecular flexibility index (Phi) is 3.65. The van der Waals surface area contributed by atoms with Gasteiger partial charge in [0, 0.05) is 19.1 Å². The minimum atomic E-state index is 0.807. The number of benzene rings is 1. The number of fused-ring (bicyclic) bond motifs is 1. The van der Waals surface area contributed by atoms with Gasteiger partial charge < -0.3 is 9.47 Å². The maximum atomic E-state index is 5.42. The number of nitrogens with zero attached hydrogens (tertiary/aromatic N) is 1. The van der Waals surface area contributed by atoms with E-state index in [0.717, 1.165) is 30.5 Å². The summed E-state index contributed by atoms with van der Waals surface area (Å²) in [6, 6.07) is 5.12. The number of ether oxygens (including phenoxy) is 2. The van der Waals surface area contributed by atoms with Gasteiger partial charge in [-0.15, -0.1) is 0 Å². The lowest BCUT2D eigenvalue weighted by atomic mass is 9.97. The molecule has 3 rings (SSSR count). The first-order valence-electron chi connectivity index (χ1n) is 7.29. The van der Waals surface area contributed by atoms with Crippen LogP contribution in [0.15, 0.2) is 12.1 Å². The molecule has 2 aliphatic rings. The van der Waals surface area contributed by atoms with Crippen molar-refractivity contribution in [2.24, 2.45) is 0 Å². The van der Waals surface area contributed by atoms with Crippen LogP contribution < -0.4 is 9.47 Å². The van der Waals surface area contributed by atoms with Crippen molar-refractivity contribution < 1.29 is 9.47 Å². The summed E-state index contributed by atoms with van der Waals surface area (Å²) in [5.41, 5.74) is 2.84. The Bertz CT molecular complexity index is 452. The van der Waals surface area contributed by atoms with Gasteiger partial charge in [0.25, 0.3) is 0 Å². The molecule has 1 aromatic carbocycles. The molecular weight excluding hydrogens is 238 g/mol. The molecule has 0 unspecified atom stereocenters. The molecule has 1 aliphatic heterocycles. The summed E-state index contributed by atoms with van der Waals surface area (Å²) in [6.45, 7) is 2.26. The quantitative estimate of drug-likeness (QED) is 0.835. The van der Waals surface area contributed by atoms with Crippen LogP contribution in [0.4, 0.5) is 0 Å². The maximum Gasteiger partial charge on any atom is 0.161 e. The second-order valence-corrected chi connectivity index (χ2v) is 5.63. The zero-order chi connectivity index (χ0) is 13.2. The molecule has 0 aromatic heterocycles. The highest BCUT2D eigenvalue weighted by Gasteiger charge is 2.26. The SMILES string of the molecule is COc1cc2c(cc1OC)CN(C1CCCC1)CC2. The molecular formula is C16H23NO2. The first kappa shape index (κ1) is 12.8. The summed E-state index contributed by atoms with van der Waals surface area (Å²) in [5, 5.41) is 0. The van der Waals surface area contributed by atoms with E-state index < -0.39 is 0 Å². The van der Waals surface area contributed by atoms with E-state index >= 15 is 0 Å². The van der Waals surface area contributed by atoms with Crippen molar-refractivity contribution in [2.75, 3.05) is 20.8 Å². The molecule has 1 aliphatic carbocycles. The van der Waals surface area contributed by atoms with E-state index in [2.05, 4.69) is 17.0 Å². The molecule has 19 heavy (non-hydrogen) atoms. The smallest absolute Gasteiger partial charge is 0.161 e. The Morgan fingerprint density at radius 1 is 1.00 bits per heavy atom. The van der Waals surface area contributed by atoms with Crippen LogP contribution in [0.3, 0.4) is 0 Å². The Labute approximate surface area is 115 Å². The lowest BCUT2D eigenvalue weighted by molar-refractivity contribution is 0.180. The van der Waals surface area contributed by atoms with E-state index in [4.69, 9.17) is 9.47 Å². The Morgan fingerprint density at radius 3 is 2.26 bits per heavy atom. The molecule has 0 spiro atoms. The van der Waals surface area contributed by atoms with Gasteiger partial charge in [0.15, 0.2) is 11.5 Å². The fraction of sp³-hybridized carbons (Fsp3) is 0.625. The van der Waals surface area contributed by atoms with Crippen molar-refractivity contribution in [1.82, 2.24) is 4.90 Å². The molecule has 0 amide bonds. The standard InChI is InChI=1S/C16H23NO2/c1-18-15-9-12-7-8-17(14-5-3-4-6-14)11-13(12)10-16(15)19-2/h9-10,14H,3-8,11H2,1-2H3. The highest BCUT2D eigenvalue weighted by atomic mass is 16.5. The van der Waals surface area contributed by atoms with Crippen molar-refractivity contribution in [3.05, 3.63) is 23.3 Å². The van der Waals surface area contributed by atoms with Crippen LogP contribution in [0.2, 0.25) is 0 Å². The minimum Gasteiger partial charge on any atom is -0.493 e. The minimum absolute atomic E-state index is 0.807. The molecule has 3 heteroatoms. The topological polar surface area (TPSA) is 21.7 Å². The first-order valence-corrected chi connectivity index (χ1v) is 7.29. The Hall–Kier alpha value is -1.22. The van der Waals surface area contributed by atoms with Gasteiger partial charge >= 0.3 is 0 Å². The van der Waals surface area contributed by atoms with Gasteiger partial charge in [0.05, 0.1) is 14.2 Å². The summed E-state index contributed by atoms with van der Waals surface area (Å²) in [4.78, 5) is 2.65. The van der Waals surface area contributed by atoms with Crippen LogP contribution in [-0.4, -0.2) is 31.7 Å².